The van der Waals surface area contributed by atoms with Gasteiger partial charge in [0.05, 0.1) is 18.2 Å². The predicted octanol–water partition coefficient (Wildman–Crippen LogP) is 1.76. The molecule has 3 N–H and O–H groups in total. The molecule has 1 unspecified atom stereocenters. The summed E-state index contributed by atoms with van der Waals surface area (Å²) in [6.45, 7) is 0.930. The van der Waals surface area contributed by atoms with Crippen LogP contribution in [0.2, 0.25) is 0 Å². The summed E-state index contributed by atoms with van der Waals surface area (Å²) in [4.78, 5) is 39.9. The van der Waals surface area contributed by atoms with Crippen molar-refractivity contribution < 1.29 is 23.5 Å². The van der Waals surface area contributed by atoms with Crippen LogP contribution in [0.4, 0.5) is 4.39 Å². The van der Waals surface area contributed by atoms with E-state index < -0.39 is 24.4 Å². The minimum absolute atomic E-state index is 0.266. The lowest BCUT2D eigenvalue weighted by molar-refractivity contribution is -0.128. The maximum atomic E-state index is 13.0. The fourth-order valence-electron chi connectivity index (χ4n) is 2.68. The molecular formula is C21H20FN5O4. The fraction of sp³-hybridized carbons (Fsp3) is 0.190. The van der Waals surface area contributed by atoms with Gasteiger partial charge in [0.25, 0.3) is 5.91 Å². The molecule has 0 spiro atoms. The zero-order valence-electron chi connectivity index (χ0n) is 16.6. The standard InChI is InChI=1S/C21H20FN5O4/c1-13(14-6-8-17(22)9-7-14)26-18(28)10-23-19(29)11-31-21(30)16-4-2-15(3-5-16)20-24-12-25-27-20/h2-9,12-13H,10-11H2,1H3,(H,23,29)(H,26,28)(H,24,25,27). The first-order valence-corrected chi connectivity index (χ1v) is 9.37. The Morgan fingerprint density at radius 3 is 2.42 bits per heavy atom. The zero-order chi connectivity index (χ0) is 22.2. The quantitative estimate of drug-likeness (QED) is 0.472. The van der Waals surface area contributed by atoms with Crippen molar-refractivity contribution in [1.82, 2.24) is 25.8 Å². The molecule has 0 aliphatic carbocycles. The molecule has 31 heavy (non-hydrogen) atoms. The number of carbonyl (C=O) groups excluding carboxylic acids is 3. The summed E-state index contributed by atoms with van der Waals surface area (Å²) in [6, 6.07) is 11.8. The second-order valence-corrected chi connectivity index (χ2v) is 6.61. The van der Waals surface area contributed by atoms with Crippen LogP contribution in [-0.4, -0.2) is 46.1 Å². The van der Waals surface area contributed by atoms with E-state index in [2.05, 4.69) is 25.8 Å². The van der Waals surface area contributed by atoms with Gasteiger partial charge in [-0.15, -0.1) is 0 Å². The number of carbonyl (C=O) groups is 3. The summed E-state index contributed by atoms with van der Waals surface area (Å²) in [5.74, 6) is -1.52. The molecule has 1 heterocycles. The summed E-state index contributed by atoms with van der Waals surface area (Å²) < 4.78 is 17.9. The van der Waals surface area contributed by atoms with Crippen molar-refractivity contribution in [2.75, 3.05) is 13.2 Å². The van der Waals surface area contributed by atoms with E-state index >= 15 is 0 Å². The van der Waals surface area contributed by atoms with Crippen LogP contribution in [0.15, 0.2) is 54.9 Å². The summed E-state index contributed by atoms with van der Waals surface area (Å²) in [7, 11) is 0. The number of aromatic nitrogens is 3. The number of esters is 1. The third-order valence-corrected chi connectivity index (χ3v) is 4.34. The van der Waals surface area contributed by atoms with Gasteiger partial charge in [0.15, 0.2) is 12.4 Å². The van der Waals surface area contributed by atoms with Crippen LogP contribution >= 0.6 is 0 Å². The molecule has 9 nitrogen and oxygen atoms in total. The Morgan fingerprint density at radius 2 is 1.77 bits per heavy atom. The van der Waals surface area contributed by atoms with Crippen molar-refractivity contribution in [1.29, 1.82) is 0 Å². The molecule has 0 saturated carbocycles. The fourth-order valence-corrected chi connectivity index (χ4v) is 2.68. The van der Waals surface area contributed by atoms with Gasteiger partial charge in [-0.2, -0.15) is 5.10 Å². The van der Waals surface area contributed by atoms with Crippen LogP contribution in [0, 0.1) is 5.82 Å². The molecule has 0 aliphatic rings. The molecule has 0 fully saturated rings. The van der Waals surface area contributed by atoms with Crippen molar-refractivity contribution in [2.45, 2.75) is 13.0 Å². The Hall–Kier alpha value is -4.08. The van der Waals surface area contributed by atoms with Gasteiger partial charge in [-0.05, 0) is 36.8 Å². The Bertz CT molecular complexity index is 1040. The van der Waals surface area contributed by atoms with Crippen LogP contribution in [0.3, 0.4) is 0 Å². The smallest absolute Gasteiger partial charge is 0.338 e. The normalized spacial score (nSPS) is 11.4. The Balaban J connectivity index is 1.39. The first-order chi connectivity index (χ1) is 14.9. The number of hydrogen-bond acceptors (Lipinski definition) is 6. The van der Waals surface area contributed by atoms with E-state index in [0.29, 0.717) is 5.82 Å². The number of ether oxygens (including phenoxy) is 1. The highest BCUT2D eigenvalue weighted by atomic mass is 19.1. The highest BCUT2D eigenvalue weighted by Gasteiger charge is 2.13. The van der Waals surface area contributed by atoms with Crippen LogP contribution < -0.4 is 10.6 Å². The van der Waals surface area contributed by atoms with E-state index in [1.807, 2.05) is 0 Å². The number of halogens is 1. The number of aromatic amines is 1. The number of benzene rings is 2. The number of hydrogen-bond donors (Lipinski definition) is 3. The van der Waals surface area contributed by atoms with E-state index in [1.165, 1.54) is 18.5 Å². The topological polar surface area (TPSA) is 126 Å². The van der Waals surface area contributed by atoms with Gasteiger partial charge >= 0.3 is 5.97 Å². The number of H-pyrrole nitrogens is 1. The highest BCUT2D eigenvalue weighted by molar-refractivity contribution is 5.92. The third-order valence-electron chi connectivity index (χ3n) is 4.34. The number of nitrogens with zero attached hydrogens (tertiary/aromatic N) is 2. The second-order valence-electron chi connectivity index (χ2n) is 6.61. The molecule has 0 bridgehead atoms. The first kappa shape index (κ1) is 21.6. The predicted molar refractivity (Wildman–Crippen MR) is 108 cm³/mol. The average molecular weight is 425 g/mol. The van der Waals surface area contributed by atoms with Gasteiger partial charge in [-0.25, -0.2) is 14.2 Å². The lowest BCUT2D eigenvalue weighted by Gasteiger charge is -2.14. The molecule has 0 aliphatic heterocycles. The van der Waals surface area contributed by atoms with Crippen LogP contribution in [0.5, 0.6) is 0 Å². The Morgan fingerprint density at radius 1 is 1.06 bits per heavy atom. The Labute approximate surface area is 177 Å². The molecule has 2 aromatic carbocycles. The summed E-state index contributed by atoms with van der Waals surface area (Å²) in [5, 5.41) is 11.5. The molecule has 1 atom stereocenters. The molecule has 1 aromatic heterocycles. The third kappa shape index (κ3) is 6.20. The van der Waals surface area contributed by atoms with Gasteiger partial charge in [0, 0.05) is 5.56 Å². The van der Waals surface area contributed by atoms with Gasteiger partial charge in [-0.3, -0.25) is 14.7 Å². The van der Waals surface area contributed by atoms with Crippen LogP contribution in [0.25, 0.3) is 11.4 Å². The lowest BCUT2D eigenvalue weighted by Crippen LogP contribution is -2.39. The molecule has 0 radical (unpaired) electrons. The SMILES string of the molecule is CC(NC(=O)CNC(=O)COC(=O)c1ccc(-c2ncn[nH]2)cc1)c1ccc(F)cc1. The number of rotatable bonds is 8. The highest BCUT2D eigenvalue weighted by Crippen LogP contribution is 2.15. The lowest BCUT2D eigenvalue weighted by atomic mass is 10.1. The number of nitrogens with one attached hydrogen (secondary N) is 3. The molecule has 0 saturated heterocycles. The van der Waals surface area contributed by atoms with E-state index in [4.69, 9.17) is 4.74 Å². The van der Waals surface area contributed by atoms with Crippen molar-refractivity contribution in [3.63, 3.8) is 0 Å². The maximum Gasteiger partial charge on any atom is 0.338 e. The van der Waals surface area contributed by atoms with Crippen molar-refractivity contribution in [3.05, 3.63) is 71.8 Å². The Kier molecular flexibility index (Phi) is 7.05. The summed E-state index contributed by atoms with van der Waals surface area (Å²) in [6.07, 6.45) is 1.37. The largest absolute Gasteiger partial charge is 0.452 e. The van der Waals surface area contributed by atoms with Gasteiger partial charge in [0.2, 0.25) is 5.91 Å². The summed E-state index contributed by atoms with van der Waals surface area (Å²) >= 11 is 0. The van der Waals surface area contributed by atoms with Gasteiger partial charge in [-0.1, -0.05) is 24.3 Å². The molecule has 3 rings (SSSR count). The van der Waals surface area contributed by atoms with Crippen molar-refractivity contribution >= 4 is 17.8 Å². The molecule has 160 valence electrons. The average Bonchev–Trinajstić information content (AvgIpc) is 3.31. The summed E-state index contributed by atoms with van der Waals surface area (Å²) in [5.41, 5.74) is 1.74. The zero-order valence-corrected chi connectivity index (χ0v) is 16.6. The maximum absolute atomic E-state index is 13.0. The second kappa shape index (κ2) is 10.1. The monoisotopic (exact) mass is 425 g/mol. The van der Waals surface area contributed by atoms with Gasteiger partial charge < -0.3 is 15.4 Å². The van der Waals surface area contributed by atoms with Gasteiger partial charge in [0.1, 0.15) is 12.1 Å². The van der Waals surface area contributed by atoms with Crippen LogP contribution in [-0.2, 0) is 14.3 Å². The van der Waals surface area contributed by atoms with Crippen molar-refractivity contribution in [3.8, 4) is 11.4 Å². The van der Waals surface area contributed by atoms with E-state index in [9.17, 15) is 18.8 Å². The molecule has 10 heteroatoms. The molecular weight excluding hydrogens is 405 g/mol. The van der Waals surface area contributed by atoms with E-state index in [1.54, 1.807) is 43.3 Å². The number of amides is 2. The minimum Gasteiger partial charge on any atom is -0.452 e. The first-order valence-electron chi connectivity index (χ1n) is 9.37. The minimum atomic E-state index is -0.673. The van der Waals surface area contributed by atoms with E-state index in [0.717, 1.165) is 11.1 Å². The van der Waals surface area contributed by atoms with Crippen LogP contribution in [0.1, 0.15) is 28.9 Å². The van der Waals surface area contributed by atoms with E-state index in [-0.39, 0.29) is 24.0 Å². The molecule has 3 aromatic rings. The van der Waals surface area contributed by atoms with Crippen molar-refractivity contribution in [2.24, 2.45) is 0 Å². The molecule has 2 amide bonds.